The first-order valence-electron chi connectivity index (χ1n) is 8.36. The lowest BCUT2D eigenvalue weighted by Gasteiger charge is -2.15. The fourth-order valence-electron chi connectivity index (χ4n) is 2.81. The molecule has 0 bridgehead atoms. The summed E-state index contributed by atoms with van der Waals surface area (Å²) in [6.45, 7) is 0.343. The van der Waals surface area contributed by atoms with Crippen LogP contribution in [-0.2, 0) is 6.54 Å². The maximum atomic E-state index is 12.6. The van der Waals surface area contributed by atoms with Crippen LogP contribution in [-0.4, -0.2) is 15.6 Å². The van der Waals surface area contributed by atoms with Crippen LogP contribution in [0.2, 0.25) is 0 Å². The molecule has 0 fully saturated rings. The number of hydrogen-bond acceptors (Lipinski definition) is 4. The molecule has 0 spiro atoms. The number of nitrogens with zero attached hydrogens (tertiary/aromatic N) is 2. The van der Waals surface area contributed by atoms with Crippen LogP contribution in [0.4, 0.5) is 16.3 Å². The minimum absolute atomic E-state index is 0.343. The molecule has 0 aliphatic heterocycles. The standard InChI is InChI=1S/C20H16N4O2S/c25-19(21-14-7-2-1-3-8-14)23-18-16-10-4-5-11-17(16)22-20(26)24(18)13-15-9-6-12-27-15/h1-12H,13H2,(H2,21,23,25). The van der Waals surface area contributed by atoms with Gasteiger partial charge in [0.15, 0.2) is 0 Å². The molecule has 0 aliphatic carbocycles. The fraction of sp³-hybridized carbons (Fsp3) is 0.0500. The van der Waals surface area contributed by atoms with E-state index in [2.05, 4.69) is 15.6 Å². The molecule has 0 saturated carbocycles. The van der Waals surface area contributed by atoms with Gasteiger partial charge in [0, 0.05) is 16.0 Å². The first-order valence-corrected chi connectivity index (χ1v) is 9.24. The van der Waals surface area contributed by atoms with Gasteiger partial charge < -0.3 is 5.32 Å². The number of hydrogen-bond donors (Lipinski definition) is 2. The molecule has 2 aromatic carbocycles. The molecule has 4 rings (SSSR count). The molecule has 0 saturated heterocycles. The summed E-state index contributed by atoms with van der Waals surface area (Å²) in [4.78, 5) is 30.3. The summed E-state index contributed by atoms with van der Waals surface area (Å²) in [6.07, 6.45) is 0. The van der Waals surface area contributed by atoms with Crippen LogP contribution < -0.4 is 16.3 Å². The second-order valence-corrected chi connectivity index (χ2v) is 6.90. The predicted octanol–water partition coefficient (Wildman–Crippen LogP) is 4.15. The van der Waals surface area contributed by atoms with Crippen molar-refractivity contribution in [3.05, 3.63) is 87.5 Å². The summed E-state index contributed by atoms with van der Waals surface area (Å²) in [7, 11) is 0. The number of benzene rings is 2. The van der Waals surface area contributed by atoms with E-state index in [-0.39, 0.29) is 0 Å². The number of carbonyl (C=O) groups is 1. The Labute approximate surface area is 159 Å². The van der Waals surface area contributed by atoms with Gasteiger partial charge in [-0.1, -0.05) is 36.4 Å². The van der Waals surface area contributed by atoms with E-state index in [9.17, 15) is 9.59 Å². The number of anilines is 2. The Balaban J connectivity index is 1.74. The zero-order valence-electron chi connectivity index (χ0n) is 14.3. The van der Waals surface area contributed by atoms with E-state index < -0.39 is 11.7 Å². The number of thiophene rings is 1. The minimum atomic E-state index is -0.420. The lowest BCUT2D eigenvalue weighted by Crippen LogP contribution is -2.30. The Hall–Kier alpha value is -3.45. The van der Waals surface area contributed by atoms with Crippen molar-refractivity contribution >= 4 is 39.8 Å². The maximum absolute atomic E-state index is 12.6. The van der Waals surface area contributed by atoms with Crippen molar-refractivity contribution in [1.29, 1.82) is 0 Å². The van der Waals surface area contributed by atoms with Gasteiger partial charge in [-0.2, -0.15) is 4.98 Å². The number of amides is 2. The quantitative estimate of drug-likeness (QED) is 0.562. The number of nitrogens with one attached hydrogen (secondary N) is 2. The molecule has 2 N–H and O–H groups in total. The molecule has 2 heterocycles. The van der Waals surface area contributed by atoms with E-state index in [0.717, 1.165) is 4.88 Å². The van der Waals surface area contributed by atoms with Gasteiger partial charge in [-0.05, 0) is 35.7 Å². The summed E-state index contributed by atoms with van der Waals surface area (Å²) < 4.78 is 1.48. The van der Waals surface area contributed by atoms with Gasteiger partial charge in [-0.15, -0.1) is 11.3 Å². The van der Waals surface area contributed by atoms with Gasteiger partial charge in [0.25, 0.3) is 0 Å². The number of rotatable bonds is 4. The van der Waals surface area contributed by atoms with E-state index in [1.165, 1.54) is 4.57 Å². The van der Waals surface area contributed by atoms with Crippen LogP contribution in [0.15, 0.2) is 76.9 Å². The Morgan fingerprint density at radius 3 is 2.52 bits per heavy atom. The lowest BCUT2D eigenvalue weighted by atomic mass is 10.2. The van der Waals surface area contributed by atoms with Gasteiger partial charge in [-0.3, -0.25) is 9.88 Å². The predicted molar refractivity (Wildman–Crippen MR) is 109 cm³/mol. The van der Waals surface area contributed by atoms with Crippen LogP contribution in [0.1, 0.15) is 4.88 Å². The Morgan fingerprint density at radius 1 is 0.963 bits per heavy atom. The van der Waals surface area contributed by atoms with E-state index in [4.69, 9.17) is 0 Å². The number of carbonyl (C=O) groups excluding carboxylic acids is 1. The second kappa shape index (κ2) is 7.43. The fourth-order valence-corrected chi connectivity index (χ4v) is 3.50. The Morgan fingerprint density at radius 2 is 1.74 bits per heavy atom. The third-order valence-electron chi connectivity index (χ3n) is 4.03. The molecule has 0 unspecified atom stereocenters. The SMILES string of the molecule is O=C(Nc1ccccc1)Nc1c2ccccc2nc(=O)n1Cc1cccs1. The number of fused-ring (bicyclic) bond motifs is 1. The van der Waals surface area contributed by atoms with Crippen molar-refractivity contribution in [3.8, 4) is 0 Å². The van der Waals surface area contributed by atoms with Crippen molar-refractivity contribution in [2.24, 2.45) is 0 Å². The van der Waals surface area contributed by atoms with Crippen molar-refractivity contribution < 1.29 is 4.79 Å². The highest BCUT2D eigenvalue weighted by atomic mass is 32.1. The maximum Gasteiger partial charge on any atom is 0.350 e. The van der Waals surface area contributed by atoms with Crippen molar-refractivity contribution in [1.82, 2.24) is 9.55 Å². The third kappa shape index (κ3) is 3.73. The zero-order valence-corrected chi connectivity index (χ0v) is 15.1. The summed E-state index contributed by atoms with van der Waals surface area (Å²) in [5.41, 5.74) is 0.803. The average Bonchev–Trinajstić information content (AvgIpc) is 3.18. The molecule has 27 heavy (non-hydrogen) atoms. The van der Waals surface area contributed by atoms with Gasteiger partial charge in [-0.25, -0.2) is 9.59 Å². The van der Waals surface area contributed by atoms with Gasteiger partial charge in [0.2, 0.25) is 0 Å². The molecule has 4 aromatic rings. The monoisotopic (exact) mass is 376 g/mol. The van der Waals surface area contributed by atoms with Gasteiger partial charge in [0.1, 0.15) is 5.82 Å². The summed E-state index contributed by atoms with van der Waals surface area (Å²) in [5.74, 6) is 0.424. The zero-order chi connectivity index (χ0) is 18.6. The normalized spacial score (nSPS) is 10.7. The van der Waals surface area contributed by atoms with E-state index in [1.54, 1.807) is 29.5 Å². The molecule has 7 heteroatoms. The number of para-hydroxylation sites is 2. The minimum Gasteiger partial charge on any atom is -0.308 e. The molecular weight excluding hydrogens is 360 g/mol. The molecule has 6 nitrogen and oxygen atoms in total. The van der Waals surface area contributed by atoms with Crippen molar-refractivity contribution in [2.45, 2.75) is 6.54 Å². The van der Waals surface area contributed by atoms with Crippen LogP contribution >= 0.6 is 11.3 Å². The van der Waals surface area contributed by atoms with Crippen LogP contribution in [0, 0.1) is 0 Å². The lowest BCUT2D eigenvalue weighted by molar-refractivity contribution is 0.262. The van der Waals surface area contributed by atoms with Gasteiger partial charge >= 0.3 is 11.7 Å². The highest BCUT2D eigenvalue weighted by Gasteiger charge is 2.15. The molecule has 0 aliphatic rings. The molecule has 2 aromatic heterocycles. The second-order valence-electron chi connectivity index (χ2n) is 5.87. The summed E-state index contributed by atoms with van der Waals surface area (Å²) in [5, 5.41) is 8.26. The first kappa shape index (κ1) is 17.0. The van der Waals surface area contributed by atoms with E-state index in [0.29, 0.717) is 29.0 Å². The highest BCUT2D eigenvalue weighted by Crippen LogP contribution is 2.22. The third-order valence-corrected chi connectivity index (χ3v) is 4.89. The Bertz CT molecular complexity index is 1140. The number of aromatic nitrogens is 2. The van der Waals surface area contributed by atoms with Crippen LogP contribution in [0.3, 0.4) is 0 Å². The van der Waals surface area contributed by atoms with Gasteiger partial charge in [0.05, 0.1) is 12.1 Å². The molecule has 2 amide bonds. The largest absolute Gasteiger partial charge is 0.350 e. The van der Waals surface area contributed by atoms with Crippen molar-refractivity contribution in [3.63, 3.8) is 0 Å². The van der Waals surface area contributed by atoms with Crippen molar-refractivity contribution in [2.75, 3.05) is 10.6 Å². The summed E-state index contributed by atoms with van der Waals surface area (Å²) in [6, 6.07) is 19.8. The van der Waals surface area contributed by atoms with Crippen LogP contribution in [0.5, 0.6) is 0 Å². The highest BCUT2D eigenvalue weighted by molar-refractivity contribution is 7.09. The topological polar surface area (TPSA) is 76.0 Å². The molecule has 0 radical (unpaired) electrons. The first-order chi connectivity index (χ1) is 13.2. The smallest absolute Gasteiger partial charge is 0.308 e. The van der Waals surface area contributed by atoms with E-state index in [1.807, 2.05) is 53.9 Å². The summed E-state index contributed by atoms with van der Waals surface area (Å²) >= 11 is 1.55. The molecular formula is C20H16N4O2S. The average molecular weight is 376 g/mol. The van der Waals surface area contributed by atoms with E-state index >= 15 is 0 Å². The molecule has 0 atom stereocenters. The van der Waals surface area contributed by atoms with Crippen LogP contribution in [0.25, 0.3) is 10.9 Å². The molecule has 134 valence electrons. The number of urea groups is 1. The Kier molecular flexibility index (Phi) is 4.67.